The predicted octanol–water partition coefficient (Wildman–Crippen LogP) is 1.42. The summed E-state index contributed by atoms with van der Waals surface area (Å²) in [6.07, 6.45) is 5.62. The maximum atomic E-state index is 11.8. The lowest BCUT2D eigenvalue weighted by Crippen LogP contribution is -2.55. The third kappa shape index (κ3) is 3.24. The average molecular weight is 266 g/mol. The summed E-state index contributed by atoms with van der Waals surface area (Å²) < 4.78 is 1.70. The second-order valence-electron chi connectivity index (χ2n) is 4.87. The summed E-state index contributed by atoms with van der Waals surface area (Å²) in [4.78, 5) is 22.7. The van der Waals surface area contributed by atoms with Gasteiger partial charge < -0.3 is 15.7 Å². The van der Waals surface area contributed by atoms with Crippen molar-refractivity contribution < 1.29 is 14.7 Å². The van der Waals surface area contributed by atoms with E-state index in [2.05, 4.69) is 15.7 Å². The van der Waals surface area contributed by atoms with Gasteiger partial charge in [-0.15, -0.1) is 0 Å². The highest BCUT2D eigenvalue weighted by atomic mass is 16.4. The molecule has 0 atom stereocenters. The van der Waals surface area contributed by atoms with Gasteiger partial charge >= 0.3 is 12.0 Å². The molecular formula is C12H18N4O3. The van der Waals surface area contributed by atoms with Crippen LogP contribution in [0.15, 0.2) is 12.4 Å². The smallest absolute Gasteiger partial charge is 0.319 e. The summed E-state index contributed by atoms with van der Waals surface area (Å²) in [6.45, 7) is 2.68. The summed E-state index contributed by atoms with van der Waals surface area (Å²) in [6, 6.07) is -0.378. The van der Waals surface area contributed by atoms with E-state index in [9.17, 15) is 9.59 Å². The summed E-state index contributed by atoms with van der Waals surface area (Å²) in [5.41, 5.74) is 0.0144. The largest absolute Gasteiger partial charge is 0.481 e. The van der Waals surface area contributed by atoms with Gasteiger partial charge in [0, 0.05) is 12.7 Å². The number of nitrogens with one attached hydrogen (secondary N) is 2. The first kappa shape index (κ1) is 13.4. The number of aromatic nitrogens is 2. The second kappa shape index (κ2) is 5.29. The average Bonchev–Trinajstić information content (AvgIpc) is 2.73. The van der Waals surface area contributed by atoms with E-state index >= 15 is 0 Å². The number of carbonyl (C=O) groups excluding carboxylic acids is 1. The molecule has 1 aromatic heterocycles. The third-order valence-electron chi connectivity index (χ3n) is 3.39. The van der Waals surface area contributed by atoms with Gasteiger partial charge in [0.1, 0.15) is 0 Å². The van der Waals surface area contributed by atoms with Gasteiger partial charge in [0.2, 0.25) is 0 Å². The third-order valence-corrected chi connectivity index (χ3v) is 3.39. The SMILES string of the molecule is CCn1cc(NC(=O)NC2(CC(=O)O)CCC2)cn1. The molecular weight excluding hydrogens is 248 g/mol. The molecule has 0 unspecified atom stereocenters. The van der Waals surface area contributed by atoms with Crippen molar-refractivity contribution in [3.8, 4) is 0 Å². The van der Waals surface area contributed by atoms with E-state index in [1.54, 1.807) is 17.1 Å². The topological polar surface area (TPSA) is 96.2 Å². The minimum atomic E-state index is -0.890. The van der Waals surface area contributed by atoms with Crippen molar-refractivity contribution in [2.45, 2.75) is 44.7 Å². The lowest BCUT2D eigenvalue weighted by Gasteiger charge is -2.41. The molecule has 1 fully saturated rings. The van der Waals surface area contributed by atoms with Gasteiger partial charge in [0.25, 0.3) is 0 Å². The summed E-state index contributed by atoms with van der Waals surface area (Å²) in [5.74, 6) is -0.890. The van der Waals surface area contributed by atoms with Gasteiger partial charge in [-0.05, 0) is 26.2 Å². The molecule has 2 amide bonds. The standard InChI is InChI=1S/C12H18N4O3/c1-2-16-8-9(7-13-16)14-11(19)15-12(4-3-5-12)6-10(17)18/h7-8H,2-6H2,1H3,(H,17,18)(H2,14,15,19). The van der Waals surface area contributed by atoms with Gasteiger partial charge in [-0.1, -0.05) is 0 Å². The van der Waals surface area contributed by atoms with Crippen LogP contribution in [0, 0.1) is 0 Å². The molecule has 0 aliphatic heterocycles. The molecule has 3 N–H and O–H groups in total. The van der Waals surface area contributed by atoms with Crippen LogP contribution in [0.1, 0.15) is 32.6 Å². The number of urea groups is 1. The Hall–Kier alpha value is -2.05. The molecule has 0 spiro atoms. The van der Waals surface area contributed by atoms with E-state index in [4.69, 9.17) is 5.11 Å². The number of carbonyl (C=O) groups is 2. The molecule has 104 valence electrons. The van der Waals surface area contributed by atoms with Crippen LogP contribution in [0.4, 0.5) is 10.5 Å². The second-order valence-corrected chi connectivity index (χ2v) is 4.87. The van der Waals surface area contributed by atoms with Crippen LogP contribution in [0.3, 0.4) is 0 Å². The van der Waals surface area contributed by atoms with E-state index in [1.165, 1.54) is 0 Å². The number of aryl methyl sites for hydroxylation is 1. The van der Waals surface area contributed by atoms with Crippen LogP contribution in [0.5, 0.6) is 0 Å². The molecule has 0 bridgehead atoms. The van der Waals surface area contributed by atoms with E-state index < -0.39 is 11.5 Å². The van der Waals surface area contributed by atoms with E-state index in [-0.39, 0.29) is 12.5 Å². The molecule has 7 heteroatoms. The van der Waals surface area contributed by atoms with Crippen molar-refractivity contribution in [1.29, 1.82) is 0 Å². The van der Waals surface area contributed by atoms with Crippen molar-refractivity contribution in [2.75, 3.05) is 5.32 Å². The zero-order chi connectivity index (χ0) is 13.9. The monoisotopic (exact) mass is 266 g/mol. The molecule has 1 saturated carbocycles. The Morgan fingerprint density at radius 1 is 1.53 bits per heavy atom. The fourth-order valence-electron chi connectivity index (χ4n) is 2.24. The summed E-state index contributed by atoms with van der Waals surface area (Å²) in [5, 5.41) is 18.4. The molecule has 1 heterocycles. The molecule has 0 aromatic carbocycles. The first-order valence-corrected chi connectivity index (χ1v) is 6.36. The fraction of sp³-hybridized carbons (Fsp3) is 0.583. The first-order chi connectivity index (χ1) is 9.03. The van der Waals surface area contributed by atoms with E-state index in [1.807, 2.05) is 6.92 Å². The van der Waals surface area contributed by atoms with Crippen LogP contribution in [-0.2, 0) is 11.3 Å². The summed E-state index contributed by atoms with van der Waals surface area (Å²) >= 11 is 0. The number of hydrogen-bond acceptors (Lipinski definition) is 3. The molecule has 7 nitrogen and oxygen atoms in total. The minimum Gasteiger partial charge on any atom is -0.481 e. The number of hydrogen-bond donors (Lipinski definition) is 3. The fourth-order valence-corrected chi connectivity index (χ4v) is 2.24. The van der Waals surface area contributed by atoms with Crippen molar-refractivity contribution >= 4 is 17.7 Å². The Morgan fingerprint density at radius 3 is 2.74 bits per heavy atom. The number of anilines is 1. The molecule has 19 heavy (non-hydrogen) atoms. The Balaban J connectivity index is 1.91. The highest BCUT2D eigenvalue weighted by molar-refractivity contribution is 5.90. The van der Waals surface area contributed by atoms with Gasteiger partial charge in [0.15, 0.2) is 0 Å². The Bertz CT molecular complexity index is 479. The highest BCUT2D eigenvalue weighted by Crippen LogP contribution is 2.34. The summed E-state index contributed by atoms with van der Waals surface area (Å²) in [7, 11) is 0. The van der Waals surface area contributed by atoms with Crippen molar-refractivity contribution in [2.24, 2.45) is 0 Å². The van der Waals surface area contributed by atoms with E-state index in [0.29, 0.717) is 18.5 Å². The van der Waals surface area contributed by atoms with Crippen molar-refractivity contribution in [1.82, 2.24) is 15.1 Å². The molecule has 1 aliphatic carbocycles. The lowest BCUT2D eigenvalue weighted by atomic mass is 9.74. The molecule has 0 radical (unpaired) electrons. The number of nitrogens with zero attached hydrogens (tertiary/aromatic N) is 2. The van der Waals surface area contributed by atoms with Gasteiger partial charge in [0.05, 0.1) is 23.8 Å². The van der Waals surface area contributed by atoms with Gasteiger partial charge in [-0.2, -0.15) is 5.10 Å². The number of carboxylic acid groups (broad SMARTS) is 1. The van der Waals surface area contributed by atoms with Crippen LogP contribution in [0.25, 0.3) is 0 Å². The number of aliphatic carboxylic acids is 1. The Morgan fingerprint density at radius 2 is 2.26 bits per heavy atom. The van der Waals surface area contributed by atoms with Crippen molar-refractivity contribution in [3.05, 3.63) is 12.4 Å². The van der Waals surface area contributed by atoms with Crippen LogP contribution < -0.4 is 10.6 Å². The molecule has 1 aromatic rings. The van der Waals surface area contributed by atoms with E-state index in [0.717, 1.165) is 13.0 Å². The van der Waals surface area contributed by atoms with Gasteiger partial charge in [-0.3, -0.25) is 9.48 Å². The normalized spacial score (nSPS) is 16.5. The minimum absolute atomic E-state index is 0.0331. The zero-order valence-electron chi connectivity index (χ0n) is 10.8. The van der Waals surface area contributed by atoms with Crippen LogP contribution in [-0.4, -0.2) is 32.4 Å². The molecule has 0 saturated heterocycles. The first-order valence-electron chi connectivity index (χ1n) is 6.36. The maximum absolute atomic E-state index is 11.8. The quantitative estimate of drug-likeness (QED) is 0.751. The van der Waals surface area contributed by atoms with Crippen LogP contribution in [0.2, 0.25) is 0 Å². The highest BCUT2D eigenvalue weighted by Gasteiger charge is 2.40. The van der Waals surface area contributed by atoms with Crippen molar-refractivity contribution in [3.63, 3.8) is 0 Å². The Labute approximate surface area is 111 Å². The number of amides is 2. The number of carboxylic acids is 1. The Kier molecular flexibility index (Phi) is 3.73. The number of rotatable bonds is 5. The van der Waals surface area contributed by atoms with Gasteiger partial charge in [-0.25, -0.2) is 4.79 Å². The predicted molar refractivity (Wildman–Crippen MR) is 68.9 cm³/mol. The maximum Gasteiger partial charge on any atom is 0.319 e. The zero-order valence-corrected chi connectivity index (χ0v) is 10.8. The lowest BCUT2D eigenvalue weighted by molar-refractivity contribution is -0.139. The molecule has 2 rings (SSSR count). The van der Waals surface area contributed by atoms with Crippen LogP contribution >= 0.6 is 0 Å². The molecule has 1 aliphatic rings.